The molecular formula is C23H27N3O6S. The van der Waals surface area contributed by atoms with Gasteiger partial charge in [0.1, 0.15) is 25.1 Å². The van der Waals surface area contributed by atoms with Crippen molar-refractivity contribution in [2.24, 2.45) is 0 Å². The van der Waals surface area contributed by atoms with Crippen LogP contribution in [0.4, 0.5) is 0 Å². The Bertz CT molecular complexity index is 1120. The van der Waals surface area contributed by atoms with Gasteiger partial charge in [-0.15, -0.1) is 11.3 Å². The summed E-state index contributed by atoms with van der Waals surface area (Å²) < 4.78 is 11.3. The molecule has 33 heavy (non-hydrogen) atoms. The molecule has 3 N–H and O–H groups in total. The van der Waals surface area contributed by atoms with E-state index < -0.39 is 18.6 Å². The number of nitrogens with one attached hydrogen (secondary N) is 1. The van der Waals surface area contributed by atoms with E-state index in [0.29, 0.717) is 28.8 Å². The van der Waals surface area contributed by atoms with Crippen molar-refractivity contribution in [2.75, 3.05) is 19.8 Å². The lowest BCUT2D eigenvalue weighted by atomic mass is 10.0. The molecule has 2 aromatic heterocycles. The highest BCUT2D eigenvalue weighted by Crippen LogP contribution is 2.33. The lowest BCUT2D eigenvalue weighted by Crippen LogP contribution is -2.36. The molecule has 0 saturated heterocycles. The van der Waals surface area contributed by atoms with Crippen LogP contribution in [0.1, 0.15) is 40.2 Å². The van der Waals surface area contributed by atoms with Crippen LogP contribution in [-0.2, 0) is 17.6 Å². The van der Waals surface area contributed by atoms with Crippen LogP contribution in [0.2, 0.25) is 0 Å². The molecule has 0 radical (unpaired) electrons. The molecule has 10 heteroatoms. The summed E-state index contributed by atoms with van der Waals surface area (Å²) in [7, 11) is 0. The van der Waals surface area contributed by atoms with Crippen LogP contribution in [0, 0.1) is 6.92 Å². The van der Waals surface area contributed by atoms with Gasteiger partial charge in [0.2, 0.25) is 11.7 Å². The van der Waals surface area contributed by atoms with Crippen molar-refractivity contribution in [3.8, 4) is 27.9 Å². The number of aldehydes is 1. The number of thiophene rings is 1. The van der Waals surface area contributed by atoms with Crippen LogP contribution in [-0.4, -0.2) is 58.4 Å². The van der Waals surface area contributed by atoms with Crippen molar-refractivity contribution in [3.63, 3.8) is 0 Å². The second-order valence-electron chi connectivity index (χ2n) is 7.46. The summed E-state index contributed by atoms with van der Waals surface area (Å²) in [6.45, 7) is 5.21. The molecule has 176 valence electrons. The van der Waals surface area contributed by atoms with E-state index in [4.69, 9.17) is 14.4 Å². The van der Waals surface area contributed by atoms with Crippen LogP contribution >= 0.6 is 11.3 Å². The molecule has 0 saturated carbocycles. The summed E-state index contributed by atoms with van der Waals surface area (Å²) in [5, 5.41) is 25.3. The van der Waals surface area contributed by atoms with E-state index in [1.54, 1.807) is 0 Å². The van der Waals surface area contributed by atoms with Gasteiger partial charge in [-0.2, -0.15) is 4.98 Å². The maximum absolute atomic E-state index is 11.3. The van der Waals surface area contributed by atoms with E-state index in [-0.39, 0.29) is 13.2 Å². The first kappa shape index (κ1) is 24.6. The van der Waals surface area contributed by atoms with Crippen LogP contribution < -0.4 is 10.1 Å². The number of nitrogens with zero attached hydrogens (tertiary/aromatic N) is 2. The molecular weight excluding hydrogens is 446 g/mol. The average molecular weight is 474 g/mol. The van der Waals surface area contributed by atoms with Gasteiger partial charge in [0.15, 0.2) is 6.29 Å². The third-order valence-corrected chi connectivity index (χ3v) is 6.15. The number of carbonyl (C=O) groups is 2. The summed E-state index contributed by atoms with van der Waals surface area (Å²) >= 11 is 1.33. The monoisotopic (exact) mass is 473 g/mol. The predicted molar refractivity (Wildman–Crippen MR) is 124 cm³/mol. The Morgan fingerprint density at radius 2 is 2.03 bits per heavy atom. The van der Waals surface area contributed by atoms with Gasteiger partial charge in [-0.05, 0) is 54.7 Å². The normalized spacial score (nSPS) is 11.9. The lowest BCUT2D eigenvalue weighted by Gasteiger charge is -2.17. The molecule has 1 atom stereocenters. The van der Waals surface area contributed by atoms with Crippen LogP contribution in [0.15, 0.2) is 22.7 Å². The van der Waals surface area contributed by atoms with Gasteiger partial charge in [-0.25, -0.2) is 0 Å². The zero-order valence-electron chi connectivity index (χ0n) is 18.8. The number of carbonyl (C=O) groups excluding carboxylic acids is 2. The van der Waals surface area contributed by atoms with E-state index in [1.165, 1.54) is 11.3 Å². The van der Waals surface area contributed by atoms with E-state index >= 15 is 0 Å². The fourth-order valence-electron chi connectivity index (χ4n) is 3.34. The zero-order chi connectivity index (χ0) is 24.0. The Hall–Kier alpha value is -3.08. The number of hydrogen-bond acceptors (Lipinski definition) is 9. The molecule has 0 bridgehead atoms. The van der Waals surface area contributed by atoms with E-state index in [1.807, 2.05) is 39.0 Å². The van der Waals surface area contributed by atoms with Crippen LogP contribution in [0.5, 0.6) is 5.75 Å². The molecule has 0 aliphatic heterocycles. The number of amides is 1. The van der Waals surface area contributed by atoms with Crippen molar-refractivity contribution in [3.05, 3.63) is 39.8 Å². The number of aliphatic hydroxyl groups is 2. The van der Waals surface area contributed by atoms with Crippen molar-refractivity contribution >= 4 is 23.5 Å². The highest BCUT2D eigenvalue weighted by molar-refractivity contribution is 7.17. The molecule has 0 unspecified atom stereocenters. The number of aliphatic hydroxyl groups excluding tert-OH is 2. The van der Waals surface area contributed by atoms with E-state index in [9.17, 15) is 14.7 Å². The zero-order valence-corrected chi connectivity index (χ0v) is 19.6. The fourth-order valence-corrected chi connectivity index (χ4v) is 4.33. The summed E-state index contributed by atoms with van der Waals surface area (Å²) in [6, 6.07) is 5.70. The third-order valence-electron chi connectivity index (χ3n) is 5.06. The van der Waals surface area contributed by atoms with Crippen molar-refractivity contribution in [2.45, 2.75) is 39.7 Å². The van der Waals surface area contributed by atoms with Gasteiger partial charge >= 0.3 is 0 Å². The molecule has 1 amide bonds. The quantitative estimate of drug-likeness (QED) is 0.362. The first-order chi connectivity index (χ1) is 15.9. The molecule has 3 rings (SSSR count). The number of hydrogen-bond donors (Lipinski definition) is 3. The predicted octanol–water partition coefficient (Wildman–Crippen LogP) is 2.56. The second kappa shape index (κ2) is 11.2. The maximum atomic E-state index is 11.3. The lowest BCUT2D eigenvalue weighted by molar-refractivity contribution is -0.124. The molecule has 9 nitrogen and oxygen atoms in total. The number of aryl methyl sites for hydroxylation is 3. The number of benzene rings is 1. The van der Waals surface area contributed by atoms with E-state index in [2.05, 4.69) is 15.5 Å². The highest BCUT2D eigenvalue weighted by atomic mass is 32.1. The topological polar surface area (TPSA) is 135 Å². The minimum Gasteiger partial charge on any atom is -0.490 e. The molecule has 2 heterocycles. The first-order valence-corrected chi connectivity index (χ1v) is 11.5. The van der Waals surface area contributed by atoms with Crippen LogP contribution in [0.25, 0.3) is 22.2 Å². The van der Waals surface area contributed by atoms with Crippen molar-refractivity contribution in [1.29, 1.82) is 0 Å². The van der Waals surface area contributed by atoms with Crippen molar-refractivity contribution in [1.82, 2.24) is 15.5 Å². The fraction of sp³-hybridized carbons (Fsp3) is 0.391. The third kappa shape index (κ3) is 5.84. The molecule has 0 aliphatic rings. The molecule has 0 fully saturated rings. The number of ether oxygens (including phenoxy) is 1. The molecule has 3 aromatic rings. The minimum absolute atomic E-state index is 0.0114. The summed E-state index contributed by atoms with van der Waals surface area (Å²) in [5.74, 6) is 0.889. The Kier molecular flexibility index (Phi) is 8.32. The Morgan fingerprint density at radius 1 is 1.27 bits per heavy atom. The van der Waals surface area contributed by atoms with Gasteiger partial charge in [0, 0.05) is 12.1 Å². The van der Waals surface area contributed by atoms with Gasteiger partial charge in [-0.1, -0.05) is 19.0 Å². The summed E-state index contributed by atoms with van der Waals surface area (Å²) in [4.78, 5) is 28.3. The molecule has 0 spiro atoms. The van der Waals surface area contributed by atoms with Crippen LogP contribution in [0.3, 0.4) is 0 Å². The summed E-state index contributed by atoms with van der Waals surface area (Å²) in [6.07, 6.45) is 1.35. The largest absolute Gasteiger partial charge is 0.490 e. The van der Waals surface area contributed by atoms with E-state index in [0.717, 1.165) is 39.8 Å². The average Bonchev–Trinajstić information content (AvgIpc) is 3.48. The molecule has 0 aliphatic carbocycles. The van der Waals surface area contributed by atoms with Crippen molar-refractivity contribution < 1.29 is 29.1 Å². The van der Waals surface area contributed by atoms with Gasteiger partial charge in [-0.3, -0.25) is 9.59 Å². The van der Waals surface area contributed by atoms with Gasteiger partial charge < -0.3 is 24.8 Å². The maximum Gasteiger partial charge on any atom is 0.268 e. The summed E-state index contributed by atoms with van der Waals surface area (Å²) in [5.41, 5.74) is 3.48. The standard InChI is InChI=1S/C23H27N3O6S/c1-4-14-8-18(33-19(14)10-27)23-25-22(26-32-23)16-6-13(3)21(15(5-2)7-16)31-12-17(29)9-24-20(30)11-28/h6-8,10,17,28-29H,4-5,9,11-12H2,1-3H3,(H,24,30)/t17-/m0/s1. The smallest absolute Gasteiger partial charge is 0.268 e. The SMILES string of the molecule is CCc1cc(-c2nc(-c3cc(C)c(OC[C@@H](O)CNC(=O)CO)c(CC)c3)no2)sc1C=O. The molecule has 1 aromatic carbocycles. The Morgan fingerprint density at radius 3 is 2.67 bits per heavy atom. The minimum atomic E-state index is -0.917. The Labute approximate surface area is 195 Å². The first-order valence-electron chi connectivity index (χ1n) is 10.6. The number of rotatable bonds is 11. The van der Waals surface area contributed by atoms with Gasteiger partial charge in [0.25, 0.3) is 5.89 Å². The Balaban J connectivity index is 1.78. The highest BCUT2D eigenvalue weighted by Gasteiger charge is 2.18. The second-order valence-corrected chi connectivity index (χ2v) is 8.54. The number of aromatic nitrogens is 2. The van der Waals surface area contributed by atoms with Gasteiger partial charge in [0.05, 0.1) is 9.75 Å².